The van der Waals surface area contributed by atoms with Crippen LogP contribution >= 0.6 is 0 Å². The standard InChI is InChI=1S/C3H4N6O2/c4-1(10)2-6-7-8-9(2)3(5)11/h(H4,4,5,10,11)/p+1. The summed E-state index contributed by atoms with van der Waals surface area (Å²) in [5, 5.41) is 8.44. The third kappa shape index (κ3) is 1.13. The van der Waals surface area contributed by atoms with Crippen LogP contribution in [-0.2, 0) is 0 Å². The molecule has 0 saturated carbocycles. The van der Waals surface area contributed by atoms with Crippen LogP contribution in [0.3, 0.4) is 0 Å². The van der Waals surface area contributed by atoms with E-state index in [-0.39, 0.29) is 5.82 Å². The average molecular weight is 157 g/mol. The van der Waals surface area contributed by atoms with E-state index in [1.165, 1.54) is 0 Å². The molecule has 58 valence electrons. The van der Waals surface area contributed by atoms with Gasteiger partial charge in [-0.15, -0.1) is 0 Å². The monoisotopic (exact) mass is 157 g/mol. The van der Waals surface area contributed by atoms with E-state index in [9.17, 15) is 9.59 Å². The van der Waals surface area contributed by atoms with Gasteiger partial charge in [0.2, 0.25) is 0 Å². The maximum Gasteiger partial charge on any atom is 0.429 e. The molecular weight excluding hydrogens is 152 g/mol. The number of carbonyl (C=O) groups is 2. The summed E-state index contributed by atoms with van der Waals surface area (Å²) in [6, 6.07) is -0.899. The summed E-state index contributed by atoms with van der Waals surface area (Å²) >= 11 is 0. The number of H-pyrrole nitrogens is 1. The summed E-state index contributed by atoms with van der Waals surface area (Å²) in [5.41, 5.74) is 9.61. The summed E-state index contributed by atoms with van der Waals surface area (Å²) in [7, 11) is 0. The number of aromatic amines is 1. The molecule has 1 aromatic rings. The Hall–Kier alpha value is -1.99. The number of primary amides is 2. The molecule has 0 aliphatic rings. The highest BCUT2D eigenvalue weighted by atomic mass is 16.2. The van der Waals surface area contributed by atoms with Gasteiger partial charge >= 0.3 is 17.8 Å². The number of aromatic nitrogens is 4. The Labute approximate surface area is 60.1 Å². The predicted molar refractivity (Wildman–Crippen MR) is 30.1 cm³/mol. The van der Waals surface area contributed by atoms with Crippen molar-refractivity contribution in [3.8, 4) is 0 Å². The number of nitrogens with zero attached hydrogens (tertiary/aromatic N) is 3. The number of hydrogen-bond donors (Lipinski definition) is 3. The first-order valence-electron chi connectivity index (χ1n) is 2.55. The molecule has 0 spiro atoms. The maximum atomic E-state index is 10.5. The van der Waals surface area contributed by atoms with E-state index >= 15 is 0 Å². The number of nitrogens with two attached hydrogens (primary N) is 2. The molecule has 0 aromatic carbocycles. The number of rotatable bonds is 1. The first-order chi connectivity index (χ1) is 5.13. The topological polar surface area (TPSA) is 132 Å². The fourth-order valence-corrected chi connectivity index (χ4v) is 0.520. The molecule has 2 amide bonds. The van der Waals surface area contributed by atoms with Crippen LogP contribution in [0.5, 0.6) is 0 Å². The smallest absolute Gasteiger partial charge is 0.361 e. The lowest BCUT2D eigenvalue weighted by Crippen LogP contribution is -2.53. The summed E-state index contributed by atoms with van der Waals surface area (Å²) in [6.07, 6.45) is 0. The molecule has 0 unspecified atom stereocenters. The number of nitrogens with one attached hydrogen (secondary N) is 1. The van der Waals surface area contributed by atoms with Crippen LogP contribution in [0.1, 0.15) is 10.6 Å². The van der Waals surface area contributed by atoms with Gasteiger partial charge in [0.05, 0.1) is 5.10 Å². The van der Waals surface area contributed by atoms with Gasteiger partial charge in [-0.25, -0.2) is 4.79 Å². The van der Waals surface area contributed by atoms with Crippen molar-refractivity contribution in [3.63, 3.8) is 0 Å². The van der Waals surface area contributed by atoms with E-state index in [0.717, 1.165) is 0 Å². The summed E-state index contributed by atoms with van der Waals surface area (Å²) < 4.78 is 0.641. The first kappa shape index (κ1) is 7.12. The molecule has 1 heterocycles. The van der Waals surface area contributed by atoms with Crippen molar-refractivity contribution in [1.29, 1.82) is 0 Å². The van der Waals surface area contributed by atoms with Crippen molar-refractivity contribution < 1.29 is 14.3 Å². The average Bonchev–Trinajstić information content (AvgIpc) is 2.32. The Kier molecular flexibility index (Phi) is 1.51. The lowest BCUT2D eigenvalue weighted by Gasteiger charge is -1.86. The normalized spacial score (nSPS) is 9.45. The lowest BCUT2D eigenvalue weighted by molar-refractivity contribution is -0.636. The van der Waals surface area contributed by atoms with E-state index in [1.54, 1.807) is 0 Å². The highest BCUT2D eigenvalue weighted by Crippen LogP contribution is 1.75. The number of tetrazole rings is 1. The molecule has 0 atom stereocenters. The van der Waals surface area contributed by atoms with Crippen molar-refractivity contribution in [2.24, 2.45) is 11.5 Å². The Morgan fingerprint density at radius 3 is 2.45 bits per heavy atom. The Balaban J connectivity index is 3.16. The maximum absolute atomic E-state index is 10.5. The van der Waals surface area contributed by atoms with E-state index in [1.807, 2.05) is 0 Å². The van der Waals surface area contributed by atoms with Gasteiger partial charge in [-0.2, -0.15) is 0 Å². The summed E-state index contributed by atoms with van der Waals surface area (Å²) in [5.74, 6) is -1.20. The fourth-order valence-electron chi connectivity index (χ4n) is 0.520. The highest BCUT2D eigenvalue weighted by Gasteiger charge is 2.21. The van der Waals surface area contributed by atoms with Gasteiger partial charge in [-0.05, 0) is 0 Å². The largest absolute Gasteiger partial charge is 0.429 e. The molecule has 0 fully saturated rings. The predicted octanol–water partition coefficient (Wildman–Crippen LogP) is -2.88. The molecule has 0 aliphatic carbocycles. The number of amides is 2. The quantitative estimate of drug-likeness (QED) is 0.298. The van der Waals surface area contributed by atoms with Gasteiger partial charge in [0, 0.05) is 0 Å². The Morgan fingerprint density at radius 1 is 1.45 bits per heavy atom. The van der Waals surface area contributed by atoms with Crippen LogP contribution < -0.4 is 16.1 Å². The molecular formula is C3H5N6O2+. The van der Waals surface area contributed by atoms with Gasteiger partial charge in [0.25, 0.3) is 0 Å². The minimum Gasteiger partial charge on any atom is -0.361 e. The molecule has 0 aliphatic heterocycles. The van der Waals surface area contributed by atoms with Crippen LogP contribution in [0.4, 0.5) is 4.79 Å². The lowest BCUT2D eigenvalue weighted by atomic mass is 10.6. The van der Waals surface area contributed by atoms with Crippen molar-refractivity contribution in [2.75, 3.05) is 0 Å². The Morgan fingerprint density at radius 2 is 2.09 bits per heavy atom. The summed E-state index contributed by atoms with van der Waals surface area (Å²) in [4.78, 5) is 20.9. The van der Waals surface area contributed by atoms with Crippen LogP contribution in [0.25, 0.3) is 0 Å². The molecule has 11 heavy (non-hydrogen) atoms. The second kappa shape index (κ2) is 2.33. The third-order valence-corrected chi connectivity index (χ3v) is 0.942. The third-order valence-electron chi connectivity index (χ3n) is 0.942. The van der Waals surface area contributed by atoms with Crippen LogP contribution in [-0.4, -0.2) is 27.5 Å². The second-order valence-electron chi connectivity index (χ2n) is 1.66. The molecule has 1 rings (SSSR count). The van der Waals surface area contributed by atoms with Crippen LogP contribution in [0.15, 0.2) is 0 Å². The zero-order chi connectivity index (χ0) is 8.43. The molecule has 0 radical (unpaired) electrons. The summed E-state index contributed by atoms with van der Waals surface area (Å²) in [6.45, 7) is 0. The Bertz CT molecular complexity index is 274. The SMILES string of the molecule is NC(=O)c1nn[nH][n+]1C(N)=O. The number of hydrogen-bond acceptors (Lipinski definition) is 4. The second-order valence-corrected chi connectivity index (χ2v) is 1.66. The molecule has 8 heteroatoms. The molecule has 1 aromatic heterocycles. The van der Waals surface area contributed by atoms with Gasteiger partial charge in [-0.1, -0.05) is 9.90 Å². The zero-order valence-corrected chi connectivity index (χ0v) is 5.31. The first-order valence-corrected chi connectivity index (χ1v) is 2.55. The molecule has 0 saturated heterocycles. The van der Waals surface area contributed by atoms with Gasteiger partial charge in [0.15, 0.2) is 0 Å². The highest BCUT2D eigenvalue weighted by molar-refractivity contribution is 5.88. The van der Waals surface area contributed by atoms with Crippen molar-refractivity contribution in [1.82, 2.24) is 15.5 Å². The minimum absolute atomic E-state index is 0.322. The number of carbonyl (C=O) groups excluding carboxylic acids is 2. The van der Waals surface area contributed by atoms with Gasteiger partial charge in [-0.3, -0.25) is 10.5 Å². The van der Waals surface area contributed by atoms with Crippen molar-refractivity contribution in [2.45, 2.75) is 0 Å². The minimum atomic E-state index is -0.899. The molecule has 0 bridgehead atoms. The van der Waals surface area contributed by atoms with E-state index in [2.05, 4.69) is 15.5 Å². The van der Waals surface area contributed by atoms with Crippen LogP contribution in [0.2, 0.25) is 0 Å². The fraction of sp³-hybridized carbons (Fsp3) is 0. The van der Waals surface area contributed by atoms with Crippen LogP contribution in [0, 0.1) is 0 Å². The zero-order valence-electron chi connectivity index (χ0n) is 5.31. The van der Waals surface area contributed by atoms with E-state index < -0.39 is 11.9 Å². The van der Waals surface area contributed by atoms with Gasteiger partial charge < -0.3 is 5.73 Å². The van der Waals surface area contributed by atoms with Gasteiger partial charge in [0.1, 0.15) is 5.21 Å². The molecule has 5 N–H and O–H groups in total. The van der Waals surface area contributed by atoms with Crippen molar-refractivity contribution >= 4 is 11.9 Å². The van der Waals surface area contributed by atoms with Crippen molar-refractivity contribution in [3.05, 3.63) is 5.82 Å². The van der Waals surface area contributed by atoms with E-state index in [4.69, 9.17) is 11.5 Å². The molecule has 8 nitrogen and oxygen atoms in total. The van der Waals surface area contributed by atoms with E-state index in [0.29, 0.717) is 4.68 Å².